The second-order valence-corrected chi connectivity index (χ2v) is 7.98. The van der Waals surface area contributed by atoms with Crippen molar-refractivity contribution in [3.05, 3.63) is 58.6 Å². The first-order valence-corrected chi connectivity index (χ1v) is 10.7. The standard InChI is InChI=1S/C23H29ClN4O2/c1-3-18-7-4-5-9-21(18)26-23(30)16-28-13-11-27(12-14-28)15-22(29)25-20-10-6-8-19(24)17(20)2/h4-10H,3,11-16H2,1-2H3,(H,25,29)(H,26,30). The predicted octanol–water partition coefficient (Wildman–Crippen LogP) is 3.41. The predicted molar refractivity (Wildman–Crippen MR) is 122 cm³/mol. The van der Waals surface area contributed by atoms with Gasteiger partial charge in [-0.05, 0) is 42.7 Å². The average Bonchev–Trinajstić information content (AvgIpc) is 2.73. The van der Waals surface area contributed by atoms with Gasteiger partial charge in [0.25, 0.3) is 0 Å². The number of benzene rings is 2. The zero-order valence-electron chi connectivity index (χ0n) is 17.6. The minimum atomic E-state index is -0.0530. The molecule has 30 heavy (non-hydrogen) atoms. The van der Waals surface area contributed by atoms with Crippen LogP contribution in [0.4, 0.5) is 11.4 Å². The first-order chi connectivity index (χ1) is 14.5. The van der Waals surface area contributed by atoms with E-state index in [9.17, 15) is 9.59 Å². The van der Waals surface area contributed by atoms with Crippen molar-refractivity contribution in [3.63, 3.8) is 0 Å². The van der Waals surface area contributed by atoms with Gasteiger partial charge in [0.2, 0.25) is 11.8 Å². The van der Waals surface area contributed by atoms with Gasteiger partial charge in [0.05, 0.1) is 13.1 Å². The van der Waals surface area contributed by atoms with Crippen molar-refractivity contribution < 1.29 is 9.59 Å². The lowest BCUT2D eigenvalue weighted by molar-refractivity contribution is -0.120. The molecule has 2 amide bonds. The van der Waals surface area contributed by atoms with Crippen molar-refractivity contribution in [2.45, 2.75) is 20.3 Å². The van der Waals surface area contributed by atoms with E-state index in [-0.39, 0.29) is 11.8 Å². The molecule has 0 aliphatic carbocycles. The largest absolute Gasteiger partial charge is 0.325 e. The monoisotopic (exact) mass is 428 g/mol. The quantitative estimate of drug-likeness (QED) is 0.709. The van der Waals surface area contributed by atoms with E-state index in [1.807, 2.05) is 49.4 Å². The Bertz CT molecular complexity index is 895. The number of nitrogens with one attached hydrogen (secondary N) is 2. The maximum Gasteiger partial charge on any atom is 0.238 e. The van der Waals surface area contributed by atoms with Crippen LogP contribution in [0.3, 0.4) is 0 Å². The molecule has 2 N–H and O–H groups in total. The van der Waals surface area contributed by atoms with Gasteiger partial charge in [-0.3, -0.25) is 19.4 Å². The summed E-state index contributed by atoms with van der Waals surface area (Å²) in [5.74, 6) is -0.0544. The summed E-state index contributed by atoms with van der Waals surface area (Å²) in [6, 6.07) is 13.4. The number of carbonyl (C=O) groups excluding carboxylic acids is 2. The Hall–Kier alpha value is -2.41. The highest BCUT2D eigenvalue weighted by Gasteiger charge is 2.21. The second-order valence-electron chi connectivity index (χ2n) is 7.57. The fourth-order valence-corrected chi connectivity index (χ4v) is 3.76. The SMILES string of the molecule is CCc1ccccc1NC(=O)CN1CCN(CC(=O)Nc2cccc(Cl)c2C)CC1. The molecule has 0 saturated carbocycles. The molecule has 1 aliphatic heterocycles. The molecule has 0 radical (unpaired) electrons. The third-order valence-corrected chi connectivity index (χ3v) is 5.82. The number of para-hydroxylation sites is 1. The van der Waals surface area contributed by atoms with E-state index in [4.69, 9.17) is 11.6 Å². The molecule has 0 atom stereocenters. The second kappa shape index (κ2) is 10.6. The van der Waals surface area contributed by atoms with Gasteiger partial charge in [0, 0.05) is 42.6 Å². The smallest absolute Gasteiger partial charge is 0.238 e. The molecule has 1 aliphatic rings. The van der Waals surface area contributed by atoms with Crippen LogP contribution in [0.2, 0.25) is 5.02 Å². The Morgan fingerprint density at radius 2 is 1.40 bits per heavy atom. The number of nitrogens with zero attached hydrogens (tertiary/aromatic N) is 2. The van der Waals surface area contributed by atoms with Crippen LogP contribution in [-0.2, 0) is 16.0 Å². The molecule has 160 valence electrons. The van der Waals surface area contributed by atoms with Crippen molar-refractivity contribution >= 4 is 34.8 Å². The topological polar surface area (TPSA) is 64.7 Å². The normalized spacial score (nSPS) is 15.0. The molecular weight excluding hydrogens is 400 g/mol. The number of hydrogen-bond acceptors (Lipinski definition) is 4. The third-order valence-electron chi connectivity index (χ3n) is 5.41. The summed E-state index contributed by atoms with van der Waals surface area (Å²) in [5.41, 5.74) is 3.64. The zero-order chi connectivity index (χ0) is 21.5. The third kappa shape index (κ3) is 6.05. The first kappa shape index (κ1) is 22.3. The Labute approximate surface area is 183 Å². The molecule has 2 aromatic carbocycles. The summed E-state index contributed by atoms with van der Waals surface area (Å²) in [5, 5.41) is 6.60. The highest BCUT2D eigenvalue weighted by atomic mass is 35.5. The van der Waals surface area contributed by atoms with Crippen molar-refractivity contribution in [2.75, 3.05) is 49.9 Å². The summed E-state index contributed by atoms with van der Waals surface area (Å²) in [7, 11) is 0. The Balaban J connectivity index is 1.42. The number of piperazine rings is 1. The van der Waals surface area contributed by atoms with Crippen molar-refractivity contribution in [2.24, 2.45) is 0 Å². The molecule has 2 aromatic rings. The number of rotatable bonds is 7. The van der Waals surface area contributed by atoms with Gasteiger partial charge in [0.1, 0.15) is 0 Å². The summed E-state index contributed by atoms with van der Waals surface area (Å²) in [6.07, 6.45) is 0.881. The molecule has 1 fully saturated rings. The van der Waals surface area contributed by atoms with E-state index >= 15 is 0 Å². The van der Waals surface area contributed by atoms with E-state index in [0.717, 1.165) is 55.1 Å². The van der Waals surface area contributed by atoms with Crippen LogP contribution < -0.4 is 10.6 Å². The molecule has 0 unspecified atom stereocenters. The van der Waals surface area contributed by atoms with Crippen LogP contribution in [-0.4, -0.2) is 60.9 Å². The Morgan fingerprint density at radius 1 is 0.867 bits per heavy atom. The summed E-state index contributed by atoms with van der Waals surface area (Å²) in [6.45, 7) is 7.67. The van der Waals surface area contributed by atoms with E-state index in [1.165, 1.54) is 0 Å². The van der Waals surface area contributed by atoms with Crippen LogP contribution >= 0.6 is 11.6 Å². The van der Waals surface area contributed by atoms with E-state index in [0.29, 0.717) is 18.1 Å². The number of anilines is 2. The number of carbonyl (C=O) groups is 2. The van der Waals surface area contributed by atoms with Crippen LogP contribution in [0.25, 0.3) is 0 Å². The van der Waals surface area contributed by atoms with Crippen LogP contribution in [0.1, 0.15) is 18.1 Å². The van der Waals surface area contributed by atoms with Gasteiger partial charge >= 0.3 is 0 Å². The molecule has 6 nitrogen and oxygen atoms in total. The number of halogens is 1. The molecule has 3 rings (SSSR count). The minimum Gasteiger partial charge on any atom is -0.325 e. The van der Waals surface area contributed by atoms with Crippen molar-refractivity contribution in [3.8, 4) is 0 Å². The Kier molecular flexibility index (Phi) is 7.85. The highest BCUT2D eigenvalue weighted by Crippen LogP contribution is 2.23. The highest BCUT2D eigenvalue weighted by molar-refractivity contribution is 6.31. The van der Waals surface area contributed by atoms with Crippen molar-refractivity contribution in [1.29, 1.82) is 0 Å². The lowest BCUT2D eigenvalue weighted by Crippen LogP contribution is -2.50. The fourth-order valence-electron chi connectivity index (χ4n) is 3.58. The van der Waals surface area contributed by atoms with Gasteiger partial charge in [-0.15, -0.1) is 0 Å². The Morgan fingerprint density at radius 3 is 2.00 bits per heavy atom. The summed E-state index contributed by atoms with van der Waals surface area (Å²) < 4.78 is 0. The number of hydrogen-bond donors (Lipinski definition) is 2. The number of aryl methyl sites for hydroxylation is 1. The minimum absolute atomic E-state index is 0.00137. The fraction of sp³-hybridized carbons (Fsp3) is 0.391. The molecule has 7 heteroatoms. The van der Waals surface area contributed by atoms with Crippen molar-refractivity contribution in [1.82, 2.24) is 9.80 Å². The van der Waals surface area contributed by atoms with Gasteiger partial charge in [-0.2, -0.15) is 0 Å². The van der Waals surface area contributed by atoms with Gasteiger partial charge in [-0.25, -0.2) is 0 Å². The molecule has 1 saturated heterocycles. The lowest BCUT2D eigenvalue weighted by atomic mass is 10.1. The molecular formula is C23H29ClN4O2. The summed E-state index contributed by atoms with van der Waals surface area (Å²) >= 11 is 6.11. The van der Waals surface area contributed by atoms with Crippen LogP contribution in [0.15, 0.2) is 42.5 Å². The molecule has 1 heterocycles. The maximum absolute atomic E-state index is 12.4. The van der Waals surface area contributed by atoms with Gasteiger partial charge < -0.3 is 10.6 Å². The number of amides is 2. The average molecular weight is 429 g/mol. The van der Waals surface area contributed by atoms with Crippen LogP contribution in [0.5, 0.6) is 0 Å². The summed E-state index contributed by atoms with van der Waals surface area (Å²) in [4.78, 5) is 29.1. The van der Waals surface area contributed by atoms with Gasteiger partial charge in [-0.1, -0.05) is 42.8 Å². The molecule has 0 spiro atoms. The maximum atomic E-state index is 12.4. The molecule has 0 bridgehead atoms. The van der Waals surface area contributed by atoms with Gasteiger partial charge in [0.15, 0.2) is 0 Å². The van der Waals surface area contributed by atoms with E-state index < -0.39 is 0 Å². The van der Waals surface area contributed by atoms with Crippen LogP contribution in [0, 0.1) is 6.92 Å². The molecule has 0 aromatic heterocycles. The zero-order valence-corrected chi connectivity index (χ0v) is 18.3. The first-order valence-electron chi connectivity index (χ1n) is 10.3. The van der Waals surface area contributed by atoms with E-state index in [1.54, 1.807) is 0 Å². The van der Waals surface area contributed by atoms with E-state index in [2.05, 4.69) is 27.4 Å². The lowest BCUT2D eigenvalue weighted by Gasteiger charge is -2.33.